The predicted octanol–water partition coefficient (Wildman–Crippen LogP) is 3.25. The fraction of sp³-hybridized carbons (Fsp3) is 0.743. The number of aliphatic hydroxyl groups is 4. The van der Waals surface area contributed by atoms with Gasteiger partial charge in [-0.2, -0.15) is 0 Å². The van der Waals surface area contributed by atoms with Crippen molar-refractivity contribution in [3.05, 3.63) is 41.7 Å². The molecule has 7 rings (SSSR count). The summed E-state index contributed by atoms with van der Waals surface area (Å²) in [6.07, 6.45) is 8.31. The number of hydrogen-bond donors (Lipinski definition) is 4. The highest BCUT2D eigenvalue weighted by atomic mass is 16.7. The average molecular weight is 625 g/mol. The van der Waals surface area contributed by atoms with E-state index in [9.17, 15) is 25.2 Å². The van der Waals surface area contributed by atoms with Gasteiger partial charge in [-0.1, -0.05) is 13.0 Å². The second-order valence-electron chi connectivity index (χ2n) is 15.0. The summed E-state index contributed by atoms with van der Waals surface area (Å²) < 4.78 is 17.5. The van der Waals surface area contributed by atoms with Crippen LogP contribution in [0.5, 0.6) is 0 Å². The summed E-state index contributed by atoms with van der Waals surface area (Å²) in [6.45, 7) is 4.66. The van der Waals surface area contributed by atoms with Crippen LogP contribution in [0.2, 0.25) is 0 Å². The van der Waals surface area contributed by atoms with E-state index in [0.717, 1.165) is 30.5 Å². The van der Waals surface area contributed by atoms with Crippen molar-refractivity contribution in [3.8, 4) is 0 Å². The summed E-state index contributed by atoms with van der Waals surface area (Å²) in [7, 11) is 0. The van der Waals surface area contributed by atoms with Gasteiger partial charge in [0.25, 0.3) is 0 Å². The van der Waals surface area contributed by atoms with Crippen LogP contribution < -0.4 is 0 Å². The third kappa shape index (κ3) is 5.02. The van der Waals surface area contributed by atoms with Gasteiger partial charge in [0, 0.05) is 42.2 Å². The second-order valence-corrected chi connectivity index (χ2v) is 15.0. The molecule has 4 N–H and O–H groups in total. The summed E-state index contributed by atoms with van der Waals surface area (Å²) in [5.74, 6) is -0.181. The number of aliphatic imine (C=N–C) groups is 1. The fourth-order valence-electron chi connectivity index (χ4n) is 10.6. The molecule has 0 aromatic carbocycles. The monoisotopic (exact) mass is 624 g/mol. The molecule has 10 nitrogen and oxygen atoms in total. The molecule has 246 valence electrons. The first-order chi connectivity index (χ1) is 21.5. The van der Waals surface area contributed by atoms with E-state index in [1.54, 1.807) is 19.2 Å². The van der Waals surface area contributed by atoms with Crippen LogP contribution in [-0.4, -0.2) is 86.1 Å². The smallest absolute Gasteiger partial charge is 0.331 e. The van der Waals surface area contributed by atoms with E-state index in [4.69, 9.17) is 19.2 Å². The number of hydrogen-bond acceptors (Lipinski definition) is 10. The van der Waals surface area contributed by atoms with Gasteiger partial charge in [-0.25, -0.2) is 4.79 Å². The van der Waals surface area contributed by atoms with Crippen LogP contribution in [0, 0.1) is 28.6 Å². The van der Waals surface area contributed by atoms with Crippen LogP contribution in [-0.2, 0) is 25.5 Å². The van der Waals surface area contributed by atoms with E-state index in [-0.39, 0.29) is 41.7 Å². The molecule has 4 saturated carbocycles. The number of esters is 1. The summed E-state index contributed by atoms with van der Waals surface area (Å²) in [6, 6.07) is 5.78. The molecule has 0 spiro atoms. The number of ether oxygens (including phenoxy) is 3. The maximum atomic E-state index is 12.7. The first kappa shape index (κ1) is 31.4. The number of aliphatic hydroxyl groups excluding tert-OH is 2. The number of aromatic nitrogens is 1. The van der Waals surface area contributed by atoms with Gasteiger partial charge in [-0.05, 0) is 93.7 Å². The van der Waals surface area contributed by atoms with Crippen molar-refractivity contribution in [1.82, 2.24) is 4.98 Å². The lowest BCUT2D eigenvalue weighted by Crippen LogP contribution is -2.69. The predicted molar refractivity (Wildman–Crippen MR) is 164 cm³/mol. The summed E-state index contributed by atoms with van der Waals surface area (Å²) in [4.78, 5) is 21.4. The van der Waals surface area contributed by atoms with Crippen molar-refractivity contribution in [2.75, 3.05) is 6.61 Å². The van der Waals surface area contributed by atoms with Crippen LogP contribution in [0.4, 0.5) is 0 Å². The molecular formula is C35H48N2O8. The zero-order valence-corrected chi connectivity index (χ0v) is 26.4. The summed E-state index contributed by atoms with van der Waals surface area (Å²) >= 11 is 0. The quantitative estimate of drug-likeness (QED) is 0.212. The average Bonchev–Trinajstić information content (AvgIpc) is 3.56. The molecule has 3 heterocycles. The fourth-order valence-corrected chi connectivity index (χ4v) is 10.6. The molecule has 45 heavy (non-hydrogen) atoms. The number of pyridine rings is 1. The van der Waals surface area contributed by atoms with Crippen LogP contribution in [0.3, 0.4) is 0 Å². The van der Waals surface area contributed by atoms with E-state index in [1.807, 2.05) is 24.4 Å². The maximum Gasteiger partial charge on any atom is 0.331 e. The Morgan fingerprint density at radius 3 is 2.64 bits per heavy atom. The molecule has 0 radical (unpaired) electrons. The standard InChI is InChI=1S/C35H48N2O8/c1-21-31(40)28(38)16-30(44-21)45-24-6-11-33(20-36-18-23-5-3-4-14-37-23)26-7-10-32(2)25(22-15-29(39)43-19-22)9-13-35(32,42)27(26)8-12-34(33,41)17-24/h3-5,14-15,20-21,24-28,30-31,38,40-42H,6-13,16-19H2,1-2H3/t21-,24+,25+,26-,27+,28-,30+,31+,32-,33+,34-,35+/m1/s1. The first-order valence-electron chi connectivity index (χ1n) is 16.9. The Kier molecular flexibility index (Phi) is 8.02. The molecule has 6 aliphatic rings. The molecule has 4 aliphatic carbocycles. The highest BCUT2D eigenvalue weighted by Crippen LogP contribution is 2.70. The third-order valence-corrected chi connectivity index (χ3v) is 12.9. The first-order valence-corrected chi connectivity index (χ1v) is 16.9. The maximum absolute atomic E-state index is 12.7. The van der Waals surface area contributed by atoms with Crippen molar-refractivity contribution in [2.45, 2.75) is 127 Å². The van der Waals surface area contributed by atoms with Crippen LogP contribution in [0.15, 0.2) is 41.0 Å². The van der Waals surface area contributed by atoms with E-state index >= 15 is 0 Å². The highest BCUT2D eigenvalue weighted by Gasteiger charge is 2.71. The van der Waals surface area contributed by atoms with Gasteiger partial charge in [0.1, 0.15) is 12.7 Å². The summed E-state index contributed by atoms with van der Waals surface area (Å²) in [5, 5.41) is 45.9. The molecule has 1 aromatic rings. The molecule has 1 aromatic heterocycles. The van der Waals surface area contributed by atoms with Crippen molar-refractivity contribution in [3.63, 3.8) is 0 Å². The topological polar surface area (TPSA) is 151 Å². The Morgan fingerprint density at radius 1 is 1.09 bits per heavy atom. The highest BCUT2D eigenvalue weighted by molar-refractivity contribution is 5.85. The minimum Gasteiger partial charge on any atom is -0.458 e. The normalized spacial score (nSPS) is 48.0. The molecule has 0 amide bonds. The van der Waals surface area contributed by atoms with Crippen LogP contribution in [0.1, 0.15) is 83.7 Å². The minimum atomic E-state index is -1.10. The zero-order chi connectivity index (χ0) is 31.6. The molecule has 1 saturated heterocycles. The van der Waals surface area contributed by atoms with Gasteiger partial charge in [0.15, 0.2) is 6.29 Å². The lowest BCUT2D eigenvalue weighted by Gasteiger charge is -2.66. The van der Waals surface area contributed by atoms with Crippen LogP contribution in [0.25, 0.3) is 0 Å². The Labute approximate surface area is 264 Å². The summed E-state index contributed by atoms with van der Waals surface area (Å²) in [5.41, 5.74) is -1.19. The van der Waals surface area contributed by atoms with Gasteiger partial charge in [-0.15, -0.1) is 0 Å². The van der Waals surface area contributed by atoms with Gasteiger partial charge in [0.05, 0.1) is 41.8 Å². The van der Waals surface area contributed by atoms with Gasteiger partial charge in [-0.3, -0.25) is 9.98 Å². The molecule has 5 fully saturated rings. The molecule has 0 bridgehead atoms. The number of nitrogens with zero attached hydrogens (tertiary/aromatic N) is 2. The molecule has 0 unspecified atom stereocenters. The van der Waals surface area contributed by atoms with Crippen molar-refractivity contribution < 1.29 is 39.4 Å². The number of fused-ring (bicyclic) bond motifs is 5. The minimum absolute atomic E-state index is 0.0157. The number of rotatable bonds is 6. The van der Waals surface area contributed by atoms with E-state index in [2.05, 4.69) is 11.9 Å². The van der Waals surface area contributed by atoms with Crippen LogP contribution >= 0.6 is 0 Å². The zero-order valence-electron chi connectivity index (χ0n) is 26.4. The lowest BCUT2D eigenvalue weighted by atomic mass is 9.41. The third-order valence-electron chi connectivity index (χ3n) is 12.9. The lowest BCUT2D eigenvalue weighted by molar-refractivity contribution is -0.282. The largest absolute Gasteiger partial charge is 0.458 e. The van der Waals surface area contributed by atoms with Gasteiger partial charge >= 0.3 is 5.97 Å². The Balaban J connectivity index is 1.17. The van der Waals surface area contributed by atoms with Crippen molar-refractivity contribution in [1.29, 1.82) is 0 Å². The van der Waals surface area contributed by atoms with Gasteiger partial charge in [0.2, 0.25) is 0 Å². The number of carbonyl (C=O) groups excluding carboxylic acids is 1. The number of carbonyl (C=O) groups is 1. The Hall–Kier alpha value is -2.21. The van der Waals surface area contributed by atoms with E-state index in [0.29, 0.717) is 51.7 Å². The molecule has 12 atom stereocenters. The van der Waals surface area contributed by atoms with E-state index < -0.39 is 41.2 Å². The SMILES string of the molecule is C[C@H]1O[C@@H](O[C@H]2CC[C@]3(C=NCc4ccccn4)[C@@H]4CC[C@]5(C)[C@H](C6=CC(=O)OC6)CC[C@]5(O)[C@H]4CC[C@@]3(O)C2)C[C@@H](O)[C@H]1O. The molecule has 2 aliphatic heterocycles. The second kappa shape index (κ2) is 11.5. The van der Waals surface area contributed by atoms with Gasteiger partial charge < -0.3 is 34.6 Å². The molecular weight excluding hydrogens is 576 g/mol. The Morgan fingerprint density at radius 2 is 1.91 bits per heavy atom. The number of cyclic esters (lactones) is 1. The molecule has 10 heteroatoms. The van der Waals surface area contributed by atoms with E-state index in [1.165, 1.54) is 0 Å². The van der Waals surface area contributed by atoms with Crippen molar-refractivity contribution >= 4 is 12.2 Å². The Bertz CT molecular complexity index is 1330. The van der Waals surface area contributed by atoms with Crippen molar-refractivity contribution in [2.24, 2.45) is 33.6 Å².